The number of hydrogen-bond acceptors (Lipinski definition) is 4. The molecule has 0 aliphatic rings. The fourth-order valence-electron chi connectivity index (χ4n) is 3.09. The molecular weight excluding hydrogens is 377 g/mol. The summed E-state index contributed by atoms with van der Waals surface area (Å²) in [6.07, 6.45) is 0. The quantitative estimate of drug-likeness (QED) is 0.334. The Kier molecular flexibility index (Phi) is 5.99. The maximum absolute atomic E-state index is 13.8. The van der Waals surface area contributed by atoms with Gasteiger partial charge in [-0.1, -0.05) is 12.1 Å². The molecule has 0 spiro atoms. The molecule has 0 aliphatic carbocycles. The van der Waals surface area contributed by atoms with Gasteiger partial charge >= 0.3 is 5.97 Å². The predicted molar refractivity (Wildman–Crippen MR) is 108 cm³/mol. The van der Waals surface area contributed by atoms with E-state index in [9.17, 15) is 14.0 Å². The minimum absolute atomic E-state index is 0.0567. The molecule has 0 amide bonds. The van der Waals surface area contributed by atoms with Crippen LogP contribution in [0.3, 0.4) is 0 Å². The van der Waals surface area contributed by atoms with Crippen molar-refractivity contribution in [3.8, 4) is 5.69 Å². The first-order chi connectivity index (χ1) is 13.4. The summed E-state index contributed by atoms with van der Waals surface area (Å²) in [5.74, 6) is -0.615. The number of hydrogen-bond donors (Lipinski definition) is 0. The molecule has 0 saturated carbocycles. The van der Waals surface area contributed by atoms with Gasteiger partial charge in [-0.05, 0) is 56.3 Å². The molecule has 2 aromatic carbocycles. The van der Waals surface area contributed by atoms with E-state index in [1.165, 1.54) is 24.9 Å². The average Bonchev–Trinajstić information content (AvgIpc) is 3.01. The summed E-state index contributed by atoms with van der Waals surface area (Å²) in [5.41, 5.74) is 3.64. The van der Waals surface area contributed by atoms with Gasteiger partial charge in [-0.2, -0.15) is 0 Å². The van der Waals surface area contributed by atoms with Gasteiger partial charge in [-0.25, -0.2) is 9.18 Å². The molecule has 0 fully saturated rings. The Balaban J connectivity index is 1.82. The minimum Gasteiger partial charge on any atom is -0.465 e. The lowest BCUT2D eigenvalue weighted by molar-refractivity contribution is 0.0600. The van der Waals surface area contributed by atoms with Gasteiger partial charge in [0.15, 0.2) is 5.78 Å². The molecule has 1 aromatic heterocycles. The zero-order valence-corrected chi connectivity index (χ0v) is 16.7. The molecule has 6 heteroatoms. The number of ether oxygens (including phenoxy) is 1. The first-order valence-electron chi connectivity index (χ1n) is 8.70. The standard InChI is InChI=1S/C22H20FNO3S/c1-14-12-18(20(25)13-28-21-7-5-4-6-19(21)23)15(2)24(14)17-10-8-16(9-11-17)22(26)27-3/h4-12H,13H2,1-3H3. The van der Waals surface area contributed by atoms with E-state index in [0.717, 1.165) is 17.1 Å². The predicted octanol–water partition coefficient (Wildman–Crippen LogP) is 4.99. The SMILES string of the molecule is COC(=O)c1ccc(-n2c(C)cc(C(=O)CSc3ccccc3F)c2C)cc1. The van der Waals surface area contributed by atoms with Crippen molar-refractivity contribution >= 4 is 23.5 Å². The smallest absolute Gasteiger partial charge is 0.337 e. The number of methoxy groups -OCH3 is 1. The molecule has 0 N–H and O–H groups in total. The summed E-state index contributed by atoms with van der Waals surface area (Å²) in [4.78, 5) is 24.8. The Bertz CT molecular complexity index is 1020. The van der Waals surface area contributed by atoms with Crippen molar-refractivity contribution in [2.45, 2.75) is 18.7 Å². The second kappa shape index (κ2) is 8.44. The Morgan fingerprint density at radius 1 is 1.07 bits per heavy atom. The average molecular weight is 397 g/mol. The van der Waals surface area contributed by atoms with Crippen molar-refractivity contribution in [3.05, 3.63) is 82.9 Å². The first-order valence-corrected chi connectivity index (χ1v) is 9.69. The third-order valence-corrected chi connectivity index (χ3v) is 5.52. The van der Waals surface area contributed by atoms with Crippen molar-refractivity contribution in [1.29, 1.82) is 0 Å². The van der Waals surface area contributed by atoms with Crippen LogP contribution in [0.1, 0.15) is 32.1 Å². The van der Waals surface area contributed by atoms with E-state index in [4.69, 9.17) is 4.74 Å². The van der Waals surface area contributed by atoms with E-state index >= 15 is 0 Å². The van der Waals surface area contributed by atoms with E-state index in [1.54, 1.807) is 30.3 Å². The van der Waals surface area contributed by atoms with Crippen molar-refractivity contribution in [1.82, 2.24) is 4.57 Å². The van der Waals surface area contributed by atoms with E-state index in [-0.39, 0.29) is 17.4 Å². The number of esters is 1. The van der Waals surface area contributed by atoms with Crippen LogP contribution in [0.5, 0.6) is 0 Å². The van der Waals surface area contributed by atoms with Crippen LogP contribution in [0.15, 0.2) is 59.5 Å². The summed E-state index contributed by atoms with van der Waals surface area (Å²) < 4.78 is 20.4. The van der Waals surface area contributed by atoms with Crippen LogP contribution >= 0.6 is 11.8 Å². The van der Waals surface area contributed by atoms with E-state index in [1.807, 2.05) is 36.6 Å². The normalized spacial score (nSPS) is 10.7. The summed E-state index contributed by atoms with van der Waals surface area (Å²) in [6, 6.07) is 15.3. The van der Waals surface area contributed by atoms with Crippen molar-refractivity contribution in [3.63, 3.8) is 0 Å². The fourth-order valence-corrected chi connectivity index (χ4v) is 3.91. The molecule has 3 rings (SSSR count). The zero-order valence-electron chi connectivity index (χ0n) is 15.9. The van der Waals surface area contributed by atoms with Crippen LogP contribution in [0.25, 0.3) is 5.69 Å². The maximum atomic E-state index is 13.8. The molecule has 0 atom stereocenters. The number of rotatable bonds is 6. The van der Waals surface area contributed by atoms with Gasteiger partial charge in [0.1, 0.15) is 5.82 Å². The molecule has 144 valence electrons. The Labute approximate surface area is 167 Å². The summed E-state index contributed by atoms with van der Waals surface area (Å²) >= 11 is 1.19. The Morgan fingerprint density at radius 2 is 1.75 bits per heavy atom. The third-order valence-electron chi connectivity index (χ3n) is 4.47. The summed E-state index contributed by atoms with van der Waals surface area (Å²) in [6.45, 7) is 3.80. The number of carbonyl (C=O) groups is 2. The van der Waals surface area contributed by atoms with Crippen LogP contribution in [0, 0.1) is 19.7 Å². The van der Waals surface area contributed by atoms with Crippen molar-refractivity contribution in [2.24, 2.45) is 0 Å². The molecule has 0 unspecified atom stereocenters. The lowest BCUT2D eigenvalue weighted by atomic mass is 10.2. The van der Waals surface area contributed by atoms with E-state index < -0.39 is 5.97 Å². The number of aryl methyl sites for hydroxylation is 1. The van der Waals surface area contributed by atoms with Gasteiger partial charge in [-0.15, -0.1) is 11.8 Å². The zero-order chi connectivity index (χ0) is 20.3. The Morgan fingerprint density at radius 3 is 2.39 bits per heavy atom. The highest BCUT2D eigenvalue weighted by molar-refractivity contribution is 8.00. The highest BCUT2D eigenvalue weighted by Crippen LogP contribution is 2.26. The van der Waals surface area contributed by atoms with Gasteiger partial charge in [0.05, 0.1) is 18.4 Å². The van der Waals surface area contributed by atoms with E-state index in [2.05, 4.69) is 0 Å². The van der Waals surface area contributed by atoms with Gasteiger partial charge in [0, 0.05) is 27.5 Å². The minimum atomic E-state index is -0.395. The number of Topliss-reactive ketones (excluding diaryl/α,β-unsaturated/α-hetero) is 1. The number of ketones is 1. The second-order valence-electron chi connectivity index (χ2n) is 6.30. The second-order valence-corrected chi connectivity index (χ2v) is 7.32. The van der Waals surface area contributed by atoms with Gasteiger partial charge in [0.25, 0.3) is 0 Å². The Hall–Kier alpha value is -2.86. The number of aromatic nitrogens is 1. The molecule has 28 heavy (non-hydrogen) atoms. The molecular formula is C22H20FNO3S. The summed E-state index contributed by atoms with van der Waals surface area (Å²) in [7, 11) is 1.34. The largest absolute Gasteiger partial charge is 0.465 e. The molecule has 0 radical (unpaired) electrons. The lowest BCUT2D eigenvalue weighted by Gasteiger charge is -2.10. The third kappa shape index (κ3) is 4.02. The number of nitrogens with zero attached hydrogens (tertiary/aromatic N) is 1. The monoisotopic (exact) mass is 397 g/mol. The fraction of sp³-hybridized carbons (Fsp3) is 0.182. The number of halogens is 1. The number of benzene rings is 2. The van der Waals surface area contributed by atoms with Crippen LogP contribution in [0.2, 0.25) is 0 Å². The molecule has 0 saturated heterocycles. The van der Waals surface area contributed by atoms with E-state index in [0.29, 0.717) is 16.0 Å². The number of thioether (sulfide) groups is 1. The molecule has 0 bridgehead atoms. The topological polar surface area (TPSA) is 48.3 Å². The summed E-state index contributed by atoms with van der Waals surface area (Å²) in [5, 5.41) is 0. The van der Waals surface area contributed by atoms with Crippen LogP contribution in [0.4, 0.5) is 4.39 Å². The molecule has 4 nitrogen and oxygen atoms in total. The molecule has 1 heterocycles. The molecule has 0 aliphatic heterocycles. The van der Waals surface area contributed by atoms with Crippen molar-refractivity contribution in [2.75, 3.05) is 12.9 Å². The van der Waals surface area contributed by atoms with Crippen LogP contribution in [-0.4, -0.2) is 29.2 Å². The van der Waals surface area contributed by atoms with Crippen LogP contribution in [-0.2, 0) is 4.74 Å². The first kappa shape index (κ1) is 19.9. The highest BCUT2D eigenvalue weighted by Gasteiger charge is 2.18. The van der Waals surface area contributed by atoms with Crippen LogP contribution < -0.4 is 0 Å². The van der Waals surface area contributed by atoms with Gasteiger partial charge in [0.2, 0.25) is 0 Å². The lowest BCUT2D eigenvalue weighted by Crippen LogP contribution is -2.06. The molecule has 3 aromatic rings. The van der Waals surface area contributed by atoms with Gasteiger partial charge in [-0.3, -0.25) is 4.79 Å². The highest BCUT2D eigenvalue weighted by atomic mass is 32.2. The van der Waals surface area contributed by atoms with Crippen molar-refractivity contribution < 1.29 is 18.7 Å². The van der Waals surface area contributed by atoms with Gasteiger partial charge < -0.3 is 9.30 Å². The number of carbonyl (C=O) groups excluding carboxylic acids is 2. The maximum Gasteiger partial charge on any atom is 0.337 e.